The van der Waals surface area contributed by atoms with Gasteiger partial charge in [0.15, 0.2) is 0 Å². The molecular formula is C16H16O. The summed E-state index contributed by atoms with van der Waals surface area (Å²) in [6, 6.07) is 16.2. The number of hydrogen-bond donors (Lipinski definition) is 1. The van der Waals surface area contributed by atoms with Gasteiger partial charge in [-0.1, -0.05) is 60.2 Å². The average Bonchev–Trinajstić information content (AvgIpc) is 2.39. The molecule has 2 aromatic carbocycles. The van der Waals surface area contributed by atoms with Crippen molar-refractivity contribution in [3.05, 3.63) is 72.3 Å². The number of hydrogen-bond acceptors (Lipinski definition) is 1. The number of aliphatic hydroxyl groups is 1. The van der Waals surface area contributed by atoms with Crippen molar-refractivity contribution in [1.29, 1.82) is 0 Å². The number of aliphatic hydroxyl groups excluding tert-OH is 1. The third-order valence-electron chi connectivity index (χ3n) is 2.87. The molecule has 0 radical (unpaired) electrons. The van der Waals surface area contributed by atoms with Crippen molar-refractivity contribution in [1.82, 2.24) is 0 Å². The summed E-state index contributed by atoms with van der Waals surface area (Å²) >= 11 is 0. The summed E-state index contributed by atoms with van der Waals surface area (Å²) in [6.07, 6.45) is 0.931. The third kappa shape index (κ3) is 2.45. The molecule has 1 nitrogen and oxygen atoms in total. The second-order valence-corrected chi connectivity index (χ2v) is 4.13. The molecule has 86 valence electrons. The van der Waals surface area contributed by atoms with Gasteiger partial charge in [0.1, 0.15) is 0 Å². The highest BCUT2D eigenvalue weighted by molar-refractivity contribution is 5.68. The van der Waals surface area contributed by atoms with Crippen molar-refractivity contribution < 1.29 is 5.11 Å². The zero-order valence-electron chi connectivity index (χ0n) is 9.93. The summed E-state index contributed by atoms with van der Waals surface area (Å²) in [5.74, 6) is 0. The van der Waals surface area contributed by atoms with Gasteiger partial charge in [-0.2, -0.15) is 0 Å². The lowest BCUT2D eigenvalue weighted by atomic mass is 9.96. The zero-order valence-corrected chi connectivity index (χ0v) is 9.93. The lowest BCUT2D eigenvalue weighted by Gasteiger charge is -2.12. The molecule has 1 N–H and O–H groups in total. The third-order valence-corrected chi connectivity index (χ3v) is 2.87. The van der Waals surface area contributed by atoms with Gasteiger partial charge >= 0.3 is 0 Å². The largest absolute Gasteiger partial charge is 0.384 e. The summed E-state index contributed by atoms with van der Waals surface area (Å²) in [6.45, 7) is 5.70. The van der Waals surface area contributed by atoms with Gasteiger partial charge in [0.25, 0.3) is 0 Å². The van der Waals surface area contributed by atoms with Crippen molar-refractivity contribution in [3.8, 4) is 11.1 Å². The van der Waals surface area contributed by atoms with Crippen LogP contribution in [0.5, 0.6) is 0 Å². The van der Waals surface area contributed by atoms with Crippen molar-refractivity contribution in [3.63, 3.8) is 0 Å². The predicted molar refractivity (Wildman–Crippen MR) is 71.8 cm³/mol. The van der Waals surface area contributed by atoms with E-state index in [0.717, 1.165) is 16.7 Å². The predicted octanol–water partition coefficient (Wildman–Crippen LogP) is 3.88. The lowest BCUT2D eigenvalue weighted by molar-refractivity contribution is 0.229. The second kappa shape index (κ2) is 4.98. The van der Waals surface area contributed by atoms with Gasteiger partial charge in [-0.25, -0.2) is 0 Å². The molecule has 0 aliphatic carbocycles. The highest BCUT2D eigenvalue weighted by Crippen LogP contribution is 2.28. The van der Waals surface area contributed by atoms with E-state index in [1.54, 1.807) is 6.08 Å². The summed E-state index contributed by atoms with van der Waals surface area (Å²) in [5, 5.41) is 9.91. The Balaban J connectivity index is 2.51. The Bertz CT molecular complexity index is 511. The van der Waals surface area contributed by atoms with Crippen molar-refractivity contribution >= 4 is 0 Å². The minimum absolute atomic E-state index is 0.618. The van der Waals surface area contributed by atoms with Crippen LogP contribution >= 0.6 is 0 Å². The maximum Gasteiger partial charge on any atom is 0.0975 e. The van der Waals surface area contributed by atoms with Gasteiger partial charge in [-0.05, 0) is 23.6 Å². The van der Waals surface area contributed by atoms with Gasteiger partial charge in [0.05, 0.1) is 6.10 Å². The van der Waals surface area contributed by atoms with Gasteiger partial charge in [-0.15, -0.1) is 6.58 Å². The van der Waals surface area contributed by atoms with Gasteiger partial charge in [0.2, 0.25) is 0 Å². The van der Waals surface area contributed by atoms with Crippen LogP contribution in [-0.4, -0.2) is 5.11 Å². The summed E-state index contributed by atoms with van der Waals surface area (Å²) < 4.78 is 0. The van der Waals surface area contributed by atoms with Crippen LogP contribution in [0.3, 0.4) is 0 Å². The Labute approximate surface area is 102 Å². The number of rotatable bonds is 3. The van der Waals surface area contributed by atoms with E-state index in [4.69, 9.17) is 0 Å². The van der Waals surface area contributed by atoms with Crippen LogP contribution < -0.4 is 0 Å². The molecule has 0 saturated carbocycles. The Morgan fingerprint density at radius 2 is 1.71 bits per heavy atom. The first-order valence-corrected chi connectivity index (χ1v) is 5.69. The smallest absolute Gasteiger partial charge is 0.0975 e. The molecule has 0 aromatic heterocycles. The Morgan fingerprint density at radius 1 is 1.06 bits per heavy atom. The van der Waals surface area contributed by atoms with Crippen LogP contribution in [0, 0.1) is 6.92 Å². The highest BCUT2D eigenvalue weighted by Gasteiger charge is 2.09. The molecule has 0 spiro atoms. The first-order valence-electron chi connectivity index (χ1n) is 5.69. The minimum Gasteiger partial charge on any atom is -0.384 e. The number of aryl methyl sites for hydroxylation is 1. The van der Waals surface area contributed by atoms with E-state index in [0.29, 0.717) is 0 Å². The van der Waals surface area contributed by atoms with E-state index in [9.17, 15) is 5.11 Å². The molecular weight excluding hydrogens is 208 g/mol. The highest BCUT2D eigenvalue weighted by atomic mass is 16.3. The van der Waals surface area contributed by atoms with E-state index in [1.807, 2.05) is 24.3 Å². The second-order valence-electron chi connectivity index (χ2n) is 4.13. The van der Waals surface area contributed by atoms with E-state index in [1.165, 1.54) is 5.56 Å². The molecule has 0 aliphatic rings. The van der Waals surface area contributed by atoms with E-state index in [2.05, 4.69) is 37.8 Å². The molecule has 1 heteroatoms. The molecule has 1 atom stereocenters. The van der Waals surface area contributed by atoms with Crippen LogP contribution in [0.25, 0.3) is 11.1 Å². The van der Waals surface area contributed by atoms with Crippen LogP contribution in [0.4, 0.5) is 0 Å². The van der Waals surface area contributed by atoms with Gasteiger partial charge < -0.3 is 5.11 Å². The summed E-state index contributed by atoms with van der Waals surface area (Å²) in [7, 11) is 0. The lowest BCUT2D eigenvalue weighted by Crippen LogP contribution is -1.95. The molecule has 17 heavy (non-hydrogen) atoms. The fraction of sp³-hybridized carbons (Fsp3) is 0.125. The van der Waals surface area contributed by atoms with Crippen molar-refractivity contribution in [2.75, 3.05) is 0 Å². The van der Waals surface area contributed by atoms with Crippen LogP contribution in [-0.2, 0) is 0 Å². The Hall–Kier alpha value is -1.86. The van der Waals surface area contributed by atoms with Crippen LogP contribution in [0.2, 0.25) is 0 Å². The maximum atomic E-state index is 9.91. The normalized spacial score (nSPS) is 12.1. The molecule has 0 heterocycles. The first kappa shape index (κ1) is 11.6. The quantitative estimate of drug-likeness (QED) is 0.784. The molecule has 0 fully saturated rings. The minimum atomic E-state index is -0.618. The van der Waals surface area contributed by atoms with Crippen LogP contribution in [0.1, 0.15) is 17.2 Å². The summed E-state index contributed by atoms with van der Waals surface area (Å²) in [5.41, 5.74) is 4.30. The molecule has 0 saturated heterocycles. The van der Waals surface area contributed by atoms with Crippen molar-refractivity contribution in [2.45, 2.75) is 13.0 Å². The van der Waals surface area contributed by atoms with Gasteiger partial charge in [0, 0.05) is 0 Å². The van der Waals surface area contributed by atoms with E-state index < -0.39 is 6.10 Å². The SMILES string of the molecule is C=CC(O)c1ccccc1-c1ccc(C)cc1. The zero-order chi connectivity index (χ0) is 12.3. The Kier molecular flexibility index (Phi) is 3.40. The summed E-state index contributed by atoms with van der Waals surface area (Å²) in [4.78, 5) is 0. The standard InChI is InChI=1S/C16H16O/c1-3-16(17)15-7-5-4-6-14(15)13-10-8-12(2)9-11-13/h3-11,16-17H,1H2,2H3. The van der Waals surface area contributed by atoms with Crippen molar-refractivity contribution in [2.24, 2.45) is 0 Å². The molecule has 0 amide bonds. The Morgan fingerprint density at radius 3 is 2.35 bits per heavy atom. The van der Waals surface area contributed by atoms with E-state index >= 15 is 0 Å². The van der Waals surface area contributed by atoms with Gasteiger partial charge in [-0.3, -0.25) is 0 Å². The fourth-order valence-corrected chi connectivity index (χ4v) is 1.88. The fourth-order valence-electron chi connectivity index (χ4n) is 1.88. The number of benzene rings is 2. The molecule has 2 rings (SSSR count). The molecule has 0 aliphatic heterocycles. The van der Waals surface area contributed by atoms with E-state index in [-0.39, 0.29) is 0 Å². The first-order chi connectivity index (χ1) is 8.22. The van der Waals surface area contributed by atoms with Crippen LogP contribution in [0.15, 0.2) is 61.2 Å². The maximum absolute atomic E-state index is 9.91. The topological polar surface area (TPSA) is 20.2 Å². The monoisotopic (exact) mass is 224 g/mol. The molecule has 1 unspecified atom stereocenters. The average molecular weight is 224 g/mol. The molecule has 0 bridgehead atoms. The molecule has 2 aromatic rings.